The fourth-order valence-corrected chi connectivity index (χ4v) is 4.68. The molecule has 27 heavy (non-hydrogen) atoms. The van der Waals surface area contributed by atoms with E-state index >= 15 is 0 Å². The lowest BCUT2D eigenvalue weighted by molar-refractivity contribution is -0.139. The minimum atomic E-state index is -3.68. The molecule has 9 heteroatoms. The largest absolute Gasteiger partial charge is 0.493 e. The number of carboxylic acid groups (broad SMARTS) is 1. The number of methoxy groups -OCH3 is 2. The summed E-state index contributed by atoms with van der Waals surface area (Å²) in [6.45, 7) is 0.794. The van der Waals surface area contributed by atoms with Crippen LogP contribution in [0.15, 0.2) is 23.1 Å². The third-order valence-electron chi connectivity index (χ3n) is 5.14. The topological polar surface area (TPSA) is 105 Å². The minimum Gasteiger partial charge on any atom is -0.493 e. The van der Waals surface area contributed by atoms with E-state index in [4.69, 9.17) is 14.6 Å². The molecule has 0 heterocycles. The van der Waals surface area contributed by atoms with Crippen molar-refractivity contribution >= 4 is 16.0 Å². The maximum Gasteiger partial charge on any atom is 0.317 e. The molecular formula is C18H26N2O6S. The van der Waals surface area contributed by atoms with E-state index in [1.165, 1.54) is 26.4 Å². The van der Waals surface area contributed by atoms with Crippen LogP contribution in [0.5, 0.6) is 11.5 Å². The van der Waals surface area contributed by atoms with E-state index < -0.39 is 16.0 Å². The van der Waals surface area contributed by atoms with E-state index in [2.05, 4.69) is 4.72 Å². The Labute approximate surface area is 159 Å². The summed E-state index contributed by atoms with van der Waals surface area (Å²) < 4.78 is 38.3. The first kappa shape index (κ1) is 19.9. The number of aliphatic carboxylic acids is 1. The van der Waals surface area contributed by atoms with Gasteiger partial charge < -0.3 is 14.6 Å². The third kappa shape index (κ3) is 4.91. The number of sulfonamides is 1. The predicted molar refractivity (Wildman–Crippen MR) is 98.6 cm³/mol. The predicted octanol–water partition coefficient (Wildman–Crippen LogP) is 1.31. The second-order valence-corrected chi connectivity index (χ2v) is 8.94. The van der Waals surface area contributed by atoms with Crippen LogP contribution in [0.1, 0.15) is 25.7 Å². The van der Waals surface area contributed by atoms with Gasteiger partial charge in [-0.3, -0.25) is 9.69 Å². The molecule has 0 aromatic heterocycles. The summed E-state index contributed by atoms with van der Waals surface area (Å²) in [4.78, 5) is 13.2. The van der Waals surface area contributed by atoms with Gasteiger partial charge in [-0.2, -0.15) is 0 Å². The molecule has 0 radical (unpaired) electrons. The molecule has 2 fully saturated rings. The molecule has 3 rings (SSSR count). The summed E-state index contributed by atoms with van der Waals surface area (Å²) in [5, 5.41) is 9.10. The van der Waals surface area contributed by atoms with Gasteiger partial charge in [0.25, 0.3) is 0 Å². The van der Waals surface area contributed by atoms with Crippen molar-refractivity contribution in [2.45, 2.75) is 42.7 Å². The molecule has 0 bridgehead atoms. The van der Waals surface area contributed by atoms with Crippen LogP contribution in [0, 0.1) is 5.92 Å². The number of carboxylic acids is 1. The number of carbonyl (C=O) groups is 1. The standard InChI is InChI=1S/C18H26N2O6S/c1-25-16-6-5-15(9-17(16)26-2)27(23,24)19-13-7-14(8-13)20(11-18(21)22)10-12-3-4-12/h5-6,9,12-14,19H,3-4,7-8,10-11H2,1-2H3,(H,21,22). The van der Waals surface area contributed by atoms with Crippen LogP contribution >= 0.6 is 0 Å². The summed E-state index contributed by atoms with van der Waals surface area (Å²) >= 11 is 0. The molecule has 0 amide bonds. The highest BCUT2D eigenvalue weighted by molar-refractivity contribution is 7.89. The van der Waals surface area contributed by atoms with Gasteiger partial charge in [0.2, 0.25) is 10.0 Å². The molecule has 150 valence electrons. The van der Waals surface area contributed by atoms with Crippen molar-refractivity contribution in [3.8, 4) is 11.5 Å². The van der Waals surface area contributed by atoms with Gasteiger partial charge in [-0.05, 0) is 43.7 Å². The first-order valence-corrected chi connectivity index (χ1v) is 10.5. The Bertz CT molecular complexity index is 787. The van der Waals surface area contributed by atoms with E-state index in [1.54, 1.807) is 6.07 Å². The Hall–Kier alpha value is -1.84. The zero-order valence-corrected chi connectivity index (χ0v) is 16.4. The summed E-state index contributed by atoms with van der Waals surface area (Å²) in [5.74, 6) is 0.560. The van der Waals surface area contributed by atoms with Crippen LogP contribution in [-0.2, 0) is 14.8 Å². The van der Waals surface area contributed by atoms with Gasteiger partial charge >= 0.3 is 5.97 Å². The van der Waals surface area contributed by atoms with E-state index in [1.807, 2.05) is 4.90 Å². The Morgan fingerprint density at radius 3 is 2.44 bits per heavy atom. The molecule has 2 N–H and O–H groups in total. The molecule has 0 spiro atoms. The van der Waals surface area contributed by atoms with Gasteiger partial charge in [-0.25, -0.2) is 13.1 Å². The van der Waals surface area contributed by atoms with E-state index in [0.717, 1.165) is 19.4 Å². The van der Waals surface area contributed by atoms with Gasteiger partial charge in [0, 0.05) is 24.7 Å². The third-order valence-corrected chi connectivity index (χ3v) is 6.66. The smallest absolute Gasteiger partial charge is 0.317 e. The molecule has 0 aliphatic heterocycles. The van der Waals surface area contributed by atoms with Crippen molar-refractivity contribution < 1.29 is 27.8 Å². The Kier molecular flexibility index (Phi) is 5.92. The SMILES string of the molecule is COc1ccc(S(=O)(=O)NC2CC(N(CC(=O)O)CC3CC3)C2)cc1OC. The number of hydrogen-bond donors (Lipinski definition) is 2. The van der Waals surface area contributed by atoms with E-state index in [-0.39, 0.29) is 23.5 Å². The molecule has 2 aliphatic carbocycles. The highest BCUT2D eigenvalue weighted by atomic mass is 32.2. The maximum atomic E-state index is 12.6. The van der Waals surface area contributed by atoms with Crippen LogP contribution in [0.3, 0.4) is 0 Å². The van der Waals surface area contributed by atoms with Crippen LogP contribution in [-0.4, -0.2) is 63.8 Å². The Morgan fingerprint density at radius 2 is 1.89 bits per heavy atom. The Morgan fingerprint density at radius 1 is 1.22 bits per heavy atom. The fourth-order valence-electron chi connectivity index (χ4n) is 3.40. The number of nitrogens with zero attached hydrogens (tertiary/aromatic N) is 1. The van der Waals surface area contributed by atoms with Crippen molar-refractivity contribution in [3.63, 3.8) is 0 Å². The normalized spacial score (nSPS) is 22.3. The molecule has 8 nitrogen and oxygen atoms in total. The van der Waals surface area contributed by atoms with Gasteiger partial charge in [-0.15, -0.1) is 0 Å². The van der Waals surface area contributed by atoms with Crippen molar-refractivity contribution in [1.82, 2.24) is 9.62 Å². The molecular weight excluding hydrogens is 372 g/mol. The lowest BCUT2D eigenvalue weighted by Gasteiger charge is -2.42. The highest BCUT2D eigenvalue weighted by Crippen LogP contribution is 2.34. The second-order valence-electron chi connectivity index (χ2n) is 7.23. The highest BCUT2D eigenvalue weighted by Gasteiger charge is 2.39. The summed E-state index contributed by atoms with van der Waals surface area (Å²) in [6.07, 6.45) is 3.54. The fraction of sp³-hybridized carbons (Fsp3) is 0.611. The molecule has 2 saturated carbocycles. The van der Waals surface area contributed by atoms with Crippen molar-refractivity contribution in [3.05, 3.63) is 18.2 Å². The molecule has 0 saturated heterocycles. The van der Waals surface area contributed by atoms with Crippen LogP contribution < -0.4 is 14.2 Å². The number of rotatable bonds is 10. The first-order chi connectivity index (χ1) is 12.8. The van der Waals surface area contributed by atoms with Crippen LogP contribution in [0.2, 0.25) is 0 Å². The average molecular weight is 398 g/mol. The quantitative estimate of drug-likeness (QED) is 0.612. The zero-order chi connectivity index (χ0) is 19.6. The van der Waals surface area contributed by atoms with Crippen molar-refractivity contribution in [2.24, 2.45) is 5.92 Å². The minimum absolute atomic E-state index is 0.0102. The summed E-state index contributed by atoms with van der Waals surface area (Å²) in [6, 6.07) is 4.38. The number of hydrogen-bond acceptors (Lipinski definition) is 6. The molecule has 2 aliphatic rings. The second kappa shape index (κ2) is 8.04. The number of ether oxygens (including phenoxy) is 2. The molecule has 1 aromatic carbocycles. The van der Waals surface area contributed by atoms with Gasteiger partial charge in [0.15, 0.2) is 11.5 Å². The van der Waals surface area contributed by atoms with E-state index in [9.17, 15) is 13.2 Å². The lowest BCUT2D eigenvalue weighted by atomic mass is 9.86. The molecule has 0 atom stereocenters. The maximum absolute atomic E-state index is 12.6. The van der Waals surface area contributed by atoms with Crippen molar-refractivity contribution in [2.75, 3.05) is 27.3 Å². The van der Waals surface area contributed by atoms with E-state index in [0.29, 0.717) is 30.3 Å². The lowest BCUT2D eigenvalue weighted by Crippen LogP contribution is -2.55. The van der Waals surface area contributed by atoms with Gasteiger partial charge in [0.05, 0.1) is 25.7 Å². The molecule has 0 unspecified atom stereocenters. The van der Waals surface area contributed by atoms with Gasteiger partial charge in [-0.1, -0.05) is 0 Å². The first-order valence-electron chi connectivity index (χ1n) is 9.02. The van der Waals surface area contributed by atoms with Crippen LogP contribution in [0.25, 0.3) is 0 Å². The number of benzene rings is 1. The average Bonchev–Trinajstić information content (AvgIpc) is 3.40. The van der Waals surface area contributed by atoms with Crippen molar-refractivity contribution in [1.29, 1.82) is 0 Å². The summed E-state index contributed by atoms with van der Waals surface area (Å²) in [5.41, 5.74) is 0. The zero-order valence-electron chi connectivity index (χ0n) is 15.6. The van der Waals surface area contributed by atoms with Gasteiger partial charge in [0.1, 0.15) is 0 Å². The summed E-state index contributed by atoms with van der Waals surface area (Å²) in [7, 11) is -0.738. The number of nitrogens with one attached hydrogen (secondary N) is 1. The Balaban J connectivity index is 1.60. The van der Waals surface area contributed by atoms with Crippen LogP contribution in [0.4, 0.5) is 0 Å². The monoisotopic (exact) mass is 398 g/mol. The molecule has 1 aromatic rings.